The van der Waals surface area contributed by atoms with Crippen LogP contribution in [0.15, 0.2) is 12.1 Å². The summed E-state index contributed by atoms with van der Waals surface area (Å²) in [6.45, 7) is 0.508. The lowest BCUT2D eigenvalue weighted by Crippen LogP contribution is -2.43. The van der Waals surface area contributed by atoms with Gasteiger partial charge >= 0.3 is 6.18 Å². The van der Waals surface area contributed by atoms with Crippen LogP contribution < -0.4 is 4.74 Å². The zero-order chi connectivity index (χ0) is 20.6. The first-order chi connectivity index (χ1) is 13.8. The van der Waals surface area contributed by atoms with Crippen molar-refractivity contribution >= 4 is 0 Å². The highest BCUT2D eigenvalue weighted by atomic mass is 19.4. The van der Waals surface area contributed by atoms with Gasteiger partial charge in [0.2, 0.25) is 0 Å². The SMILES string of the molecule is Fc1cc(CC2OCC2F)c(OC2COC2)cc1C1CCN(CC(F)(F)F)CC1. The third kappa shape index (κ3) is 5.00. The fourth-order valence-electron chi connectivity index (χ4n) is 4.02. The molecule has 0 spiro atoms. The topological polar surface area (TPSA) is 30.9 Å². The minimum atomic E-state index is -4.23. The lowest BCUT2D eigenvalue weighted by atomic mass is 9.87. The van der Waals surface area contributed by atoms with Gasteiger partial charge in [-0.15, -0.1) is 0 Å². The molecule has 0 aromatic heterocycles. The lowest BCUT2D eigenvalue weighted by Gasteiger charge is -2.34. The van der Waals surface area contributed by atoms with Gasteiger partial charge in [0.05, 0.1) is 32.5 Å². The second kappa shape index (κ2) is 8.35. The Bertz CT molecular complexity index is 717. The molecule has 0 bridgehead atoms. The van der Waals surface area contributed by atoms with Crippen LogP contribution in [0.4, 0.5) is 22.0 Å². The maximum atomic E-state index is 14.9. The van der Waals surface area contributed by atoms with Gasteiger partial charge in [0, 0.05) is 6.42 Å². The highest BCUT2D eigenvalue weighted by Gasteiger charge is 2.35. The van der Waals surface area contributed by atoms with Gasteiger partial charge in [0.25, 0.3) is 0 Å². The van der Waals surface area contributed by atoms with Crippen LogP contribution in [0.3, 0.4) is 0 Å². The number of nitrogens with zero attached hydrogens (tertiary/aromatic N) is 1. The number of alkyl halides is 4. The van der Waals surface area contributed by atoms with Crippen molar-refractivity contribution in [3.8, 4) is 5.75 Å². The number of benzene rings is 1. The number of halogens is 5. The molecule has 4 nitrogen and oxygen atoms in total. The number of hydrogen-bond donors (Lipinski definition) is 0. The number of ether oxygens (including phenoxy) is 3. The summed E-state index contributed by atoms with van der Waals surface area (Å²) in [6.07, 6.45) is -4.95. The minimum Gasteiger partial charge on any atom is -0.485 e. The molecule has 2 atom stereocenters. The summed E-state index contributed by atoms with van der Waals surface area (Å²) < 4.78 is 82.5. The second-order valence-corrected chi connectivity index (χ2v) is 8.02. The summed E-state index contributed by atoms with van der Waals surface area (Å²) in [4.78, 5) is 1.35. The summed E-state index contributed by atoms with van der Waals surface area (Å²) in [7, 11) is 0. The van der Waals surface area contributed by atoms with E-state index >= 15 is 0 Å². The Kier molecular flexibility index (Phi) is 5.99. The molecule has 0 N–H and O–H groups in total. The first-order valence-corrected chi connectivity index (χ1v) is 9.90. The molecule has 4 rings (SSSR count). The summed E-state index contributed by atoms with van der Waals surface area (Å²) in [5.74, 6) is -0.126. The van der Waals surface area contributed by atoms with Crippen molar-refractivity contribution in [2.45, 2.75) is 49.7 Å². The van der Waals surface area contributed by atoms with Gasteiger partial charge in [0.1, 0.15) is 23.8 Å². The summed E-state index contributed by atoms with van der Waals surface area (Å²) in [5.41, 5.74) is 0.988. The highest BCUT2D eigenvalue weighted by Crippen LogP contribution is 2.36. The standard InChI is InChI=1S/C20H24F5NO3/c21-16-5-13(6-19-17(22)10-28-19)18(29-14-8-27-9-14)7-15(16)12-1-3-26(4-2-12)11-20(23,24)25/h5,7,12,14,17,19H,1-4,6,8-11H2. The first kappa shape index (κ1) is 20.8. The van der Waals surface area contributed by atoms with Crippen LogP contribution in [0.25, 0.3) is 0 Å². The van der Waals surface area contributed by atoms with E-state index in [1.165, 1.54) is 11.0 Å². The molecule has 3 aliphatic rings. The van der Waals surface area contributed by atoms with Gasteiger partial charge in [0.15, 0.2) is 0 Å². The Morgan fingerprint density at radius 3 is 2.34 bits per heavy atom. The average Bonchev–Trinajstić information content (AvgIpc) is 2.62. The van der Waals surface area contributed by atoms with E-state index in [4.69, 9.17) is 14.2 Å². The van der Waals surface area contributed by atoms with Crippen LogP contribution in [-0.4, -0.2) is 68.9 Å². The fraction of sp³-hybridized carbons (Fsp3) is 0.700. The Hall–Kier alpha value is -1.45. The number of piperidine rings is 1. The molecule has 29 heavy (non-hydrogen) atoms. The molecular weight excluding hydrogens is 397 g/mol. The van der Waals surface area contributed by atoms with E-state index in [0.29, 0.717) is 42.9 Å². The molecule has 0 aliphatic carbocycles. The van der Waals surface area contributed by atoms with Crippen LogP contribution in [0, 0.1) is 5.82 Å². The molecule has 0 saturated carbocycles. The van der Waals surface area contributed by atoms with Gasteiger partial charge in [-0.3, -0.25) is 4.90 Å². The number of rotatable bonds is 6. The van der Waals surface area contributed by atoms with Crippen molar-refractivity contribution in [2.24, 2.45) is 0 Å². The van der Waals surface area contributed by atoms with Crippen LogP contribution >= 0.6 is 0 Å². The molecule has 3 heterocycles. The maximum Gasteiger partial charge on any atom is 0.401 e. The molecule has 2 unspecified atom stereocenters. The van der Waals surface area contributed by atoms with Crippen LogP contribution in [0.1, 0.15) is 29.9 Å². The van der Waals surface area contributed by atoms with Gasteiger partial charge in [-0.2, -0.15) is 13.2 Å². The van der Waals surface area contributed by atoms with E-state index in [9.17, 15) is 22.0 Å². The minimum absolute atomic E-state index is 0.0500. The number of likely N-dealkylation sites (tertiary alicyclic amines) is 1. The van der Waals surface area contributed by atoms with Crippen molar-refractivity contribution in [3.63, 3.8) is 0 Å². The predicted molar refractivity (Wildman–Crippen MR) is 94.4 cm³/mol. The first-order valence-electron chi connectivity index (χ1n) is 9.90. The van der Waals surface area contributed by atoms with E-state index in [1.807, 2.05) is 0 Å². The van der Waals surface area contributed by atoms with Crippen molar-refractivity contribution in [3.05, 3.63) is 29.1 Å². The quantitative estimate of drug-likeness (QED) is 0.657. The monoisotopic (exact) mass is 421 g/mol. The van der Waals surface area contributed by atoms with Gasteiger partial charge in [-0.05, 0) is 55.1 Å². The van der Waals surface area contributed by atoms with Crippen LogP contribution in [-0.2, 0) is 15.9 Å². The van der Waals surface area contributed by atoms with E-state index in [2.05, 4.69) is 0 Å². The van der Waals surface area contributed by atoms with E-state index in [0.717, 1.165) is 0 Å². The van der Waals surface area contributed by atoms with Gasteiger partial charge < -0.3 is 14.2 Å². The molecule has 3 aliphatic heterocycles. The maximum absolute atomic E-state index is 14.9. The Morgan fingerprint density at radius 1 is 1.10 bits per heavy atom. The van der Waals surface area contributed by atoms with Crippen molar-refractivity contribution in [1.82, 2.24) is 4.90 Å². The highest BCUT2D eigenvalue weighted by molar-refractivity contribution is 5.41. The van der Waals surface area contributed by atoms with E-state index in [1.54, 1.807) is 6.07 Å². The second-order valence-electron chi connectivity index (χ2n) is 8.02. The molecule has 0 amide bonds. The van der Waals surface area contributed by atoms with Crippen molar-refractivity contribution in [2.75, 3.05) is 39.5 Å². The van der Waals surface area contributed by atoms with Crippen molar-refractivity contribution in [1.29, 1.82) is 0 Å². The van der Waals surface area contributed by atoms with E-state index < -0.39 is 30.8 Å². The third-order valence-corrected chi connectivity index (χ3v) is 5.81. The molecular formula is C20H24F5NO3. The summed E-state index contributed by atoms with van der Waals surface area (Å²) >= 11 is 0. The molecule has 1 aromatic rings. The largest absolute Gasteiger partial charge is 0.485 e. The Morgan fingerprint density at radius 2 is 1.83 bits per heavy atom. The summed E-state index contributed by atoms with van der Waals surface area (Å²) in [5, 5.41) is 0. The van der Waals surface area contributed by atoms with E-state index in [-0.39, 0.29) is 38.1 Å². The van der Waals surface area contributed by atoms with Crippen molar-refractivity contribution < 1.29 is 36.2 Å². The summed E-state index contributed by atoms with van der Waals surface area (Å²) in [6, 6.07) is 3.00. The van der Waals surface area contributed by atoms with Crippen LogP contribution in [0.2, 0.25) is 0 Å². The third-order valence-electron chi connectivity index (χ3n) is 5.81. The normalized spacial score (nSPS) is 26.8. The lowest BCUT2D eigenvalue weighted by molar-refractivity contribution is -0.147. The average molecular weight is 421 g/mol. The molecule has 162 valence electrons. The molecule has 9 heteroatoms. The zero-order valence-corrected chi connectivity index (χ0v) is 15.9. The Labute approximate surface area is 165 Å². The number of hydrogen-bond acceptors (Lipinski definition) is 4. The van der Waals surface area contributed by atoms with Gasteiger partial charge in [-0.25, -0.2) is 8.78 Å². The predicted octanol–water partition coefficient (Wildman–Crippen LogP) is 3.62. The smallest absolute Gasteiger partial charge is 0.401 e. The molecule has 3 saturated heterocycles. The molecule has 0 radical (unpaired) electrons. The van der Waals surface area contributed by atoms with Gasteiger partial charge in [-0.1, -0.05) is 0 Å². The fourth-order valence-corrected chi connectivity index (χ4v) is 4.02. The zero-order valence-electron chi connectivity index (χ0n) is 15.9. The Balaban J connectivity index is 1.48. The molecule has 3 fully saturated rings. The van der Waals surface area contributed by atoms with Crippen LogP contribution in [0.5, 0.6) is 5.75 Å². The molecule has 1 aromatic carbocycles.